The van der Waals surface area contributed by atoms with Crippen molar-refractivity contribution in [1.29, 1.82) is 0 Å². The number of hydrogen-bond acceptors (Lipinski definition) is 5. The molecule has 0 saturated heterocycles. The molecule has 3 N–H and O–H groups in total. The number of carbonyl (C=O) groups excluding carboxylic acids is 3. The van der Waals surface area contributed by atoms with Gasteiger partial charge in [0, 0.05) is 23.7 Å². The average Bonchev–Trinajstić information content (AvgIpc) is 3.46. The third-order valence-corrected chi connectivity index (χ3v) is 4.27. The number of carbonyl (C=O) groups is 3. The minimum absolute atomic E-state index is 0.000829. The summed E-state index contributed by atoms with van der Waals surface area (Å²) in [5.41, 5.74) is 2.23. The smallest absolute Gasteiger partial charge is 0.306 e. The van der Waals surface area contributed by atoms with Crippen LogP contribution in [0.5, 0.6) is 0 Å². The number of nitrogens with one attached hydrogen (secondary N) is 3. The third kappa shape index (κ3) is 6.97. The van der Waals surface area contributed by atoms with Gasteiger partial charge >= 0.3 is 5.97 Å². The summed E-state index contributed by atoms with van der Waals surface area (Å²) in [6.45, 7) is 4.12. The van der Waals surface area contributed by atoms with Crippen LogP contribution in [0.15, 0.2) is 18.2 Å². The molecule has 0 aliphatic heterocycles. The molecule has 0 heterocycles. The fourth-order valence-corrected chi connectivity index (χ4v) is 2.56. The van der Waals surface area contributed by atoms with Crippen molar-refractivity contribution in [3.63, 3.8) is 0 Å². The fraction of sp³-hybridized carbons (Fsp3) is 0.474. The Kier molecular flexibility index (Phi) is 7.72. The minimum atomic E-state index is -0.402. The van der Waals surface area contributed by atoms with Crippen LogP contribution < -0.4 is 16.0 Å². The second-order valence-corrected chi connectivity index (χ2v) is 6.87. The van der Waals surface area contributed by atoms with Crippen molar-refractivity contribution in [3.05, 3.63) is 23.8 Å². The molecule has 2 rings (SSSR count). The van der Waals surface area contributed by atoms with Crippen molar-refractivity contribution in [2.75, 3.05) is 17.2 Å². The Morgan fingerprint density at radius 3 is 2.44 bits per heavy atom. The van der Waals surface area contributed by atoms with Crippen molar-refractivity contribution < 1.29 is 19.1 Å². The van der Waals surface area contributed by atoms with E-state index in [1.54, 1.807) is 6.07 Å². The van der Waals surface area contributed by atoms with Crippen LogP contribution >= 0.6 is 12.2 Å². The fourth-order valence-electron chi connectivity index (χ4n) is 2.33. The summed E-state index contributed by atoms with van der Waals surface area (Å²) in [6.07, 6.45) is 2.62. The topological polar surface area (TPSA) is 96.5 Å². The first kappa shape index (κ1) is 20.8. The molecular weight excluding hydrogens is 366 g/mol. The number of thiocarbonyl (C=S) groups is 1. The van der Waals surface area contributed by atoms with Gasteiger partial charge in [0.15, 0.2) is 5.11 Å². The molecule has 2 amide bonds. The van der Waals surface area contributed by atoms with E-state index in [4.69, 9.17) is 17.0 Å². The van der Waals surface area contributed by atoms with E-state index in [0.717, 1.165) is 24.8 Å². The zero-order valence-electron chi connectivity index (χ0n) is 15.6. The number of amides is 2. The van der Waals surface area contributed by atoms with Crippen LogP contribution in [0.25, 0.3) is 0 Å². The molecule has 1 aromatic carbocycles. The molecule has 0 unspecified atom stereocenters. The molecule has 146 valence electrons. The average molecular weight is 391 g/mol. The van der Waals surface area contributed by atoms with Crippen LogP contribution in [-0.4, -0.2) is 29.5 Å². The van der Waals surface area contributed by atoms with Crippen LogP contribution in [0.4, 0.5) is 11.4 Å². The van der Waals surface area contributed by atoms with E-state index in [0.29, 0.717) is 18.0 Å². The highest BCUT2D eigenvalue weighted by Crippen LogP contribution is 2.31. The lowest BCUT2D eigenvalue weighted by Gasteiger charge is -2.15. The van der Waals surface area contributed by atoms with Crippen molar-refractivity contribution in [3.8, 4) is 0 Å². The Morgan fingerprint density at radius 2 is 1.81 bits per heavy atom. The maximum atomic E-state index is 11.9. The molecule has 0 spiro atoms. The number of ether oxygens (including phenoxy) is 1. The first-order valence-corrected chi connectivity index (χ1v) is 9.48. The summed E-state index contributed by atoms with van der Waals surface area (Å²) in [4.78, 5) is 35.3. The van der Waals surface area contributed by atoms with Crippen LogP contribution in [0.1, 0.15) is 44.6 Å². The van der Waals surface area contributed by atoms with Gasteiger partial charge in [-0.25, -0.2) is 0 Å². The van der Waals surface area contributed by atoms with Crippen LogP contribution in [0.3, 0.4) is 0 Å². The Morgan fingerprint density at radius 1 is 1.15 bits per heavy atom. The highest BCUT2D eigenvalue weighted by Gasteiger charge is 2.29. The number of benzene rings is 1. The zero-order valence-corrected chi connectivity index (χ0v) is 16.4. The molecular formula is C19H25N3O4S. The first-order valence-electron chi connectivity index (χ1n) is 9.07. The van der Waals surface area contributed by atoms with E-state index < -0.39 is 5.97 Å². The number of anilines is 2. The van der Waals surface area contributed by atoms with Gasteiger partial charge in [-0.2, -0.15) is 0 Å². The van der Waals surface area contributed by atoms with Crippen LogP contribution in [-0.2, 0) is 19.1 Å². The molecule has 8 heteroatoms. The molecule has 1 fully saturated rings. The number of hydrogen-bond donors (Lipinski definition) is 3. The van der Waals surface area contributed by atoms with Gasteiger partial charge in [-0.1, -0.05) is 13.0 Å². The molecule has 1 aliphatic rings. The molecule has 1 aliphatic carbocycles. The highest BCUT2D eigenvalue weighted by molar-refractivity contribution is 7.80. The second-order valence-electron chi connectivity index (χ2n) is 6.46. The summed E-state index contributed by atoms with van der Waals surface area (Å²) in [5, 5.41) is 8.55. The predicted octanol–water partition coefficient (Wildman–Crippen LogP) is 2.89. The van der Waals surface area contributed by atoms with E-state index in [9.17, 15) is 14.4 Å². The standard InChI is InChI=1S/C19H25N3O4S/c1-3-11-26-17(24)10-9-16(23)22-19(27)21-15-6-4-5-14(12(15)2)20-18(25)13-7-8-13/h4-6,13H,3,7-11H2,1-2H3,(H,20,25)(H2,21,22,23,27). The summed E-state index contributed by atoms with van der Waals surface area (Å²) < 4.78 is 4.92. The largest absolute Gasteiger partial charge is 0.466 e. The lowest BCUT2D eigenvalue weighted by atomic mass is 10.1. The maximum absolute atomic E-state index is 11.9. The van der Waals surface area contributed by atoms with Crippen molar-refractivity contribution >= 4 is 46.5 Å². The van der Waals surface area contributed by atoms with E-state index in [1.165, 1.54) is 0 Å². The van der Waals surface area contributed by atoms with Gasteiger partial charge in [-0.15, -0.1) is 0 Å². The summed E-state index contributed by atoms with van der Waals surface area (Å²) in [7, 11) is 0. The zero-order chi connectivity index (χ0) is 19.8. The Bertz CT molecular complexity index is 732. The van der Waals surface area contributed by atoms with Crippen LogP contribution in [0, 0.1) is 12.8 Å². The molecule has 27 heavy (non-hydrogen) atoms. The normalized spacial score (nSPS) is 12.8. The quantitative estimate of drug-likeness (QED) is 0.466. The summed E-state index contributed by atoms with van der Waals surface area (Å²) in [5.74, 6) is -0.621. The van der Waals surface area contributed by atoms with E-state index in [2.05, 4.69) is 16.0 Å². The highest BCUT2D eigenvalue weighted by atomic mass is 32.1. The van der Waals surface area contributed by atoms with E-state index >= 15 is 0 Å². The lowest BCUT2D eigenvalue weighted by Crippen LogP contribution is -2.34. The maximum Gasteiger partial charge on any atom is 0.306 e. The van der Waals surface area contributed by atoms with Gasteiger partial charge in [0.1, 0.15) is 0 Å². The van der Waals surface area contributed by atoms with Gasteiger partial charge < -0.3 is 20.7 Å². The third-order valence-electron chi connectivity index (χ3n) is 4.06. The molecule has 0 radical (unpaired) electrons. The van der Waals surface area contributed by atoms with Gasteiger partial charge in [-0.3, -0.25) is 14.4 Å². The lowest BCUT2D eigenvalue weighted by molar-refractivity contribution is -0.144. The Labute approximate surface area is 164 Å². The molecule has 0 bridgehead atoms. The van der Waals surface area contributed by atoms with Crippen LogP contribution in [0.2, 0.25) is 0 Å². The molecule has 0 aromatic heterocycles. The van der Waals surface area contributed by atoms with Crippen molar-refractivity contribution in [1.82, 2.24) is 5.32 Å². The summed E-state index contributed by atoms with van der Waals surface area (Å²) >= 11 is 5.16. The monoisotopic (exact) mass is 391 g/mol. The van der Waals surface area contributed by atoms with Gasteiger partial charge in [0.05, 0.1) is 13.0 Å². The SMILES string of the molecule is CCCOC(=O)CCC(=O)NC(=S)Nc1cccc(NC(=O)C2CC2)c1C. The van der Waals surface area contributed by atoms with Gasteiger partial charge in [-0.05, 0) is 56.1 Å². The molecule has 1 aromatic rings. The molecule has 7 nitrogen and oxygen atoms in total. The molecule has 1 saturated carbocycles. The van der Waals surface area contributed by atoms with E-state index in [1.807, 2.05) is 26.0 Å². The van der Waals surface area contributed by atoms with Gasteiger partial charge in [0.2, 0.25) is 11.8 Å². The summed E-state index contributed by atoms with van der Waals surface area (Å²) in [6, 6.07) is 5.43. The van der Waals surface area contributed by atoms with Crippen molar-refractivity contribution in [2.24, 2.45) is 5.92 Å². The minimum Gasteiger partial charge on any atom is -0.466 e. The first-order chi connectivity index (χ1) is 12.9. The van der Waals surface area contributed by atoms with E-state index in [-0.39, 0.29) is 35.7 Å². The van der Waals surface area contributed by atoms with Crippen molar-refractivity contribution in [2.45, 2.75) is 46.0 Å². The van der Waals surface area contributed by atoms with Gasteiger partial charge in [0.25, 0.3) is 0 Å². The molecule has 0 atom stereocenters. The Balaban J connectivity index is 1.83. The predicted molar refractivity (Wildman–Crippen MR) is 107 cm³/mol. The number of esters is 1. The second kappa shape index (κ2) is 10.0. The Hall–Kier alpha value is -2.48. The number of rotatable bonds is 8.